The van der Waals surface area contributed by atoms with Crippen molar-refractivity contribution in [2.45, 2.75) is 31.9 Å². The number of hydrogen-bond acceptors (Lipinski definition) is 2. The summed E-state index contributed by atoms with van der Waals surface area (Å²) in [4.78, 5) is 4.17. The standard InChI is InChI=1S/C16H26ClN3OS.HI/c1-16(2,3)22(21)11-10-20-15(18-4)19-9-8-13-6-5-7-14(17)12-13;/h5-7,12H,8-11H2,1-4H3,(H2,18,19,20);1H. The molecule has 0 aliphatic carbocycles. The summed E-state index contributed by atoms with van der Waals surface area (Å²) in [7, 11) is 0.878. The van der Waals surface area contributed by atoms with Gasteiger partial charge in [0.05, 0.1) is 0 Å². The van der Waals surface area contributed by atoms with Gasteiger partial charge in [0.1, 0.15) is 0 Å². The molecular formula is C16H27ClIN3OS. The van der Waals surface area contributed by atoms with Crippen molar-refractivity contribution < 1.29 is 4.21 Å². The molecule has 4 nitrogen and oxygen atoms in total. The van der Waals surface area contributed by atoms with Gasteiger partial charge in [-0.15, -0.1) is 24.0 Å². The average Bonchev–Trinajstić information content (AvgIpc) is 2.44. The zero-order valence-electron chi connectivity index (χ0n) is 14.2. The molecule has 1 aromatic rings. The van der Waals surface area contributed by atoms with Crippen LogP contribution in [-0.4, -0.2) is 40.8 Å². The molecule has 23 heavy (non-hydrogen) atoms. The second kappa shape index (κ2) is 11.3. The summed E-state index contributed by atoms with van der Waals surface area (Å²) in [6.07, 6.45) is 0.870. The van der Waals surface area contributed by atoms with E-state index >= 15 is 0 Å². The molecule has 132 valence electrons. The van der Waals surface area contributed by atoms with Gasteiger partial charge in [-0.2, -0.15) is 0 Å². The van der Waals surface area contributed by atoms with E-state index in [2.05, 4.69) is 21.7 Å². The van der Waals surface area contributed by atoms with Gasteiger partial charge in [-0.1, -0.05) is 23.7 Å². The molecule has 0 heterocycles. The summed E-state index contributed by atoms with van der Waals surface area (Å²) >= 11 is 5.96. The summed E-state index contributed by atoms with van der Waals surface area (Å²) in [6.45, 7) is 7.37. The first kappa shape index (κ1) is 22.7. The fourth-order valence-electron chi connectivity index (χ4n) is 1.81. The summed E-state index contributed by atoms with van der Waals surface area (Å²) in [5.74, 6) is 1.34. The fraction of sp³-hybridized carbons (Fsp3) is 0.562. The van der Waals surface area contributed by atoms with Crippen molar-refractivity contribution in [3.63, 3.8) is 0 Å². The molecule has 2 N–H and O–H groups in total. The van der Waals surface area contributed by atoms with Crippen molar-refractivity contribution in [3.8, 4) is 0 Å². The molecule has 7 heteroatoms. The average molecular weight is 472 g/mol. The molecule has 1 aromatic carbocycles. The van der Waals surface area contributed by atoms with Gasteiger partial charge in [-0.3, -0.25) is 9.20 Å². The summed E-state index contributed by atoms with van der Waals surface area (Å²) < 4.78 is 11.8. The van der Waals surface area contributed by atoms with E-state index < -0.39 is 10.8 Å². The zero-order chi connectivity index (χ0) is 16.6. The van der Waals surface area contributed by atoms with Crippen molar-refractivity contribution in [1.29, 1.82) is 0 Å². The lowest BCUT2D eigenvalue weighted by molar-refractivity contribution is 0.647. The molecule has 1 rings (SSSR count). The van der Waals surface area contributed by atoms with E-state index in [9.17, 15) is 4.21 Å². The van der Waals surface area contributed by atoms with E-state index in [1.165, 1.54) is 5.56 Å². The van der Waals surface area contributed by atoms with Gasteiger partial charge in [0.25, 0.3) is 0 Å². The minimum atomic E-state index is -0.854. The molecule has 0 radical (unpaired) electrons. The van der Waals surface area contributed by atoms with Crippen LogP contribution in [0.4, 0.5) is 0 Å². The van der Waals surface area contributed by atoms with Crippen LogP contribution >= 0.6 is 35.6 Å². The fourth-order valence-corrected chi connectivity index (χ4v) is 2.92. The van der Waals surface area contributed by atoms with Crippen LogP contribution in [0.3, 0.4) is 0 Å². The van der Waals surface area contributed by atoms with E-state index in [4.69, 9.17) is 11.6 Å². The predicted octanol–water partition coefficient (Wildman–Crippen LogP) is 3.21. The smallest absolute Gasteiger partial charge is 0.191 e. The summed E-state index contributed by atoms with van der Waals surface area (Å²) in [5.41, 5.74) is 1.18. The van der Waals surface area contributed by atoms with E-state index in [0.717, 1.165) is 23.9 Å². The Morgan fingerprint density at radius 1 is 1.26 bits per heavy atom. The predicted molar refractivity (Wildman–Crippen MR) is 113 cm³/mol. The third-order valence-electron chi connectivity index (χ3n) is 3.08. The van der Waals surface area contributed by atoms with Gasteiger partial charge in [0, 0.05) is 46.5 Å². The van der Waals surface area contributed by atoms with E-state index in [0.29, 0.717) is 12.3 Å². The maximum absolute atomic E-state index is 12.0. The number of rotatable bonds is 6. The Hall–Kier alpha value is -0.340. The van der Waals surface area contributed by atoms with Gasteiger partial charge in [0.2, 0.25) is 0 Å². The molecule has 0 aliphatic heterocycles. The van der Waals surface area contributed by atoms with E-state index in [-0.39, 0.29) is 28.7 Å². The van der Waals surface area contributed by atoms with Crippen molar-refractivity contribution in [3.05, 3.63) is 34.9 Å². The number of guanidine groups is 1. The highest BCUT2D eigenvalue weighted by Crippen LogP contribution is 2.11. The SMILES string of the molecule is CN=C(NCCc1cccc(Cl)c1)NCCS(=O)C(C)(C)C.I. The third kappa shape index (κ3) is 9.52. The first-order chi connectivity index (χ1) is 10.3. The van der Waals surface area contributed by atoms with Crippen LogP contribution in [0.1, 0.15) is 26.3 Å². The Morgan fingerprint density at radius 2 is 1.91 bits per heavy atom. The topological polar surface area (TPSA) is 53.5 Å². The number of nitrogens with zero attached hydrogens (tertiary/aromatic N) is 1. The van der Waals surface area contributed by atoms with Gasteiger partial charge in [-0.25, -0.2) is 0 Å². The van der Waals surface area contributed by atoms with Crippen LogP contribution in [0.25, 0.3) is 0 Å². The summed E-state index contributed by atoms with van der Waals surface area (Å²) in [5, 5.41) is 7.19. The van der Waals surface area contributed by atoms with Crippen molar-refractivity contribution in [2.24, 2.45) is 4.99 Å². The lowest BCUT2D eigenvalue weighted by atomic mass is 10.1. The zero-order valence-corrected chi connectivity index (χ0v) is 18.1. The molecule has 0 spiro atoms. The van der Waals surface area contributed by atoms with Crippen LogP contribution < -0.4 is 10.6 Å². The maximum Gasteiger partial charge on any atom is 0.191 e. The monoisotopic (exact) mass is 471 g/mol. The Morgan fingerprint density at radius 3 is 2.48 bits per heavy atom. The second-order valence-corrected chi connectivity index (χ2v) is 8.73. The van der Waals surface area contributed by atoms with Gasteiger partial charge >= 0.3 is 0 Å². The van der Waals surface area contributed by atoms with Crippen LogP contribution in [-0.2, 0) is 17.2 Å². The van der Waals surface area contributed by atoms with Crippen LogP contribution in [0, 0.1) is 0 Å². The van der Waals surface area contributed by atoms with Gasteiger partial charge in [-0.05, 0) is 44.9 Å². The normalized spacial score (nSPS) is 13.2. The Bertz CT molecular complexity index is 532. The largest absolute Gasteiger partial charge is 0.356 e. The number of nitrogens with one attached hydrogen (secondary N) is 2. The Balaban J connectivity index is 0.00000484. The van der Waals surface area contributed by atoms with Crippen LogP contribution in [0.2, 0.25) is 5.02 Å². The number of halogens is 2. The van der Waals surface area contributed by atoms with Crippen LogP contribution in [0.5, 0.6) is 0 Å². The first-order valence-corrected chi connectivity index (χ1v) is 9.10. The molecule has 1 atom stereocenters. The van der Waals surface area contributed by atoms with E-state index in [1.54, 1.807) is 7.05 Å². The highest BCUT2D eigenvalue weighted by Gasteiger charge is 2.18. The van der Waals surface area contributed by atoms with E-state index in [1.807, 2.05) is 39.0 Å². The minimum absolute atomic E-state index is 0. The lowest BCUT2D eigenvalue weighted by Crippen LogP contribution is -2.41. The molecule has 0 saturated heterocycles. The third-order valence-corrected chi connectivity index (χ3v) is 5.26. The highest BCUT2D eigenvalue weighted by molar-refractivity contribution is 14.0. The van der Waals surface area contributed by atoms with Gasteiger partial charge < -0.3 is 10.6 Å². The molecule has 0 fully saturated rings. The molecule has 0 aromatic heterocycles. The van der Waals surface area contributed by atoms with Gasteiger partial charge in [0.15, 0.2) is 5.96 Å². The van der Waals surface area contributed by atoms with Crippen molar-refractivity contribution in [2.75, 3.05) is 25.9 Å². The highest BCUT2D eigenvalue weighted by atomic mass is 127. The molecule has 0 bridgehead atoms. The first-order valence-electron chi connectivity index (χ1n) is 7.40. The maximum atomic E-state index is 12.0. The molecule has 0 saturated carbocycles. The van der Waals surface area contributed by atoms with Crippen LogP contribution in [0.15, 0.2) is 29.3 Å². The summed E-state index contributed by atoms with van der Waals surface area (Å²) in [6, 6.07) is 7.84. The van der Waals surface area contributed by atoms with Crippen molar-refractivity contribution >= 4 is 52.3 Å². The molecule has 0 aliphatic rings. The second-order valence-electron chi connectivity index (χ2n) is 5.97. The number of hydrogen-bond donors (Lipinski definition) is 2. The molecule has 0 amide bonds. The minimum Gasteiger partial charge on any atom is -0.356 e. The van der Waals surface area contributed by atoms with Crippen molar-refractivity contribution in [1.82, 2.24) is 10.6 Å². The number of aliphatic imine (C=N–C) groups is 1. The Labute approximate surface area is 164 Å². The quantitative estimate of drug-likeness (QED) is 0.380. The molecule has 1 unspecified atom stereocenters. The number of benzene rings is 1. The molecular weight excluding hydrogens is 445 g/mol. The lowest BCUT2D eigenvalue weighted by Gasteiger charge is -2.18. The Kier molecular flexibility index (Phi) is 11.1.